The SMILES string of the molecule is CC1CCC(OCC(O)CNCC(C)S(C)=O)CC1. The summed E-state index contributed by atoms with van der Waals surface area (Å²) in [6.07, 6.45) is 6.26. The van der Waals surface area contributed by atoms with E-state index in [0.717, 1.165) is 18.8 Å². The molecule has 1 aliphatic rings. The van der Waals surface area contributed by atoms with E-state index in [-0.39, 0.29) is 5.25 Å². The topological polar surface area (TPSA) is 58.6 Å². The highest BCUT2D eigenvalue weighted by molar-refractivity contribution is 7.84. The van der Waals surface area contributed by atoms with Crippen molar-refractivity contribution in [2.24, 2.45) is 5.92 Å². The van der Waals surface area contributed by atoms with E-state index < -0.39 is 16.9 Å². The summed E-state index contributed by atoms with van der Waals surface area (Å²) < 4.78 is 16.9. The lowest BCUT2D eigenvalue weighted by Gasteiger charge is -2.27. The van der Waals surface area contributed by atoms with Crippen molar-refractivity contribution in [2.45, 2.75) is 57.0 Å². The Morgan fingerprint density at radius 1 is 1.32 bits per heavy atom. The lowest BCUT2D eigenvalue weighted by molar-refractivity contribution is -0.0277. The first kappa shape index (κ1) is 17.1. The molecule has 114 valence electrons. The number of nitrogens with one attached hydrogen (secondary N) is 1. The number of hydrogen-bond acceptors (Lipinski definition) is 4. The van der Waals surface area contributed by atoms with Gasteiger partial charge in [-0.2, -0.15) is 0 Å². The van der Waals surface area contributed by atoms with E-state index in [1.807, 2.05) is 6.92 Å². The Kier molecular flexibility index (Phi) is 8.14. The standard InChI is InChI=1S/C14H29NO3S/c1-11-4-6-14(7-5-11)18-10-13(16)9-15-8-12(2)19(3)17/h11-16H,4-10H2,1-3H3. The largest absolute Gasteiger partial charge is 0.389 e. The summed E-state index contributed by atoms with van der Waals surface area (Å²) in [5.41, 5.74) is 0. The van der Waals surface area contributed by atoms with Gasteiger partial charge in [-0.1, -0.05) is 6.92 Å². The second kappa shape index (κ2) is 9.06. The maximum Gasteiger partial charge on any atom is 0.0897 e. The smallest absolute Gasteiger partial charge is 0.0897 e. The highest BCUT2D eigenvalue weighted by Gasteiger charge is 2.19. The van der Waals surface area contributed by atoms with Crippen LogP contribution in [-0.2, 0) is 15.5 Å². The van der Waals surface area contributed by atoms with Gasteiger partial charge < -0.3 is 15.2 Å². The number of aliphatic hydroxyl groups excluding tert-OH is 1. The van der Waals surface area contributed by atoms with Gasteiger partial charge in [-0.05, 0) is 38.5 Å². The molecule has 19 heavy (non-hydrogen) atoms. The Balaban J connectivity index is 2.04. The van der Waals surface area contributed by atoms with Crippen molar-refractivity contribution in [2.75, 3.05) is 26.0 Å². The molecule has 0 aromatic rings. The monoisotopic (exact) mass is 291 g/mol. The molecule has 0 bridgehead atoms. The van der Waals surface area contributed by atoms with Gasteiger partial charge in [-0.15, -0.1) is 0 Å². The third-order valence-electron chi connectivity index (χ3n) is 3.87. The Bertz CT molecular complexity index is 267. The molecule has 4 nitrogen and oxygen atoms in total. The third kappa shape index (κ3) is 7.40. The van der Waals surface area contributed by atoms with Crippen LogP contribution in [0.5, 0.6) is 0 Å². The molecule has 0 aromatic carbocycles. The fourth-order valence-electron chi connectivity index (χ4n) is 2.27. The summed E-state index contributed by atoms with van der Waals surface area (Å²) >= 11 is 0. The van der Waals surface area contributed by atoms with Crippen molar-refractivity contribution in [3.05, 3.63) is 0 Å². The molecule has 1 saturated carbocycles. The molecular weight excluding hydrogens is 262 g/mol. The molecule has 0 aromatic heterocycles. The van der Waals surface area contributed by atoms with E-state index in [2.05, 4.69) is 12.2 Å². The molecule has 1 rings (SSSR count). The fraction of sp³-hybridized carbons (Fsp3) is 1.00. The Morgan fingerprint density at radius 2 is 1.95 bits per heavy atom. The van der Waals surface area contributed by atoms with Crippen molar-refractivity contribution >= 4 is 10.8 Å². The van der Waals surface area contributed by atoms with Crippen LogP contribution in [0.1, 0.15) is 39.5 Å². The van der Waals surface area contributed by atoms with Crippen molar-refractivity contribution in [3.63, 3.8) is 0 Å². The molecule has 1 aliphatic carbocycles. The van der Waals surface area contributed by atoms with E-state index in [1.54, 1.807) is 6.26 Å². The number of hydrogen-bond donors (Lipinski definition) is 2. The molecule has 3 atom stereocenters. The van der Waals surface area contributed by atoms with E-state index in [9.17, 15) is 9.32 Å². The zero-order valence-electron chi connectivity index (χ0n) is 12.4. The van der Waals surface area contributed by atoms with Crippen LogP contribution in [0.4, 0.5) is 0 Å². The first-order valence-corrected chi connectivity index (χ1v) is 8.93. The summed E-state index contributed by atoms with van der Waals surface area (Å²) in [7, 11) is -0.811. The average molecular weight is 291 g/mol. The first-order valence-electron chi connectivity index (χ1n) is 7.31. The van der Waals surface area contributed by atoms with Gasteiger partial charge in [-0.3, -0.25) is 4.21 Å². The van der Waals surface area contributed by atoms with Crippen LogP contribution in [0, 0.1) is 5.92 Å². The summed E-state index contributed by atoms with van der Waals surface area (Å²) in [6, 6.07) is 0. The van der Waals surface area contributed by atoms with E-state index in [4.69, 9.17) is 4.74 Å². The zero-order valence-corrected chi connectivity index (χ0v) is 13.2. The van der Waals surface area contributed by atoms with Crippen LogP contribution >= 0.6 is 0 Å². The molecule has 3 unspecified atom stereocenters. The van der Waals surface area contributed by atoms with Crippen LogP contribution in [0.3, 0.4) is 0 Å². The predicted octanol–water partition coefficient (Wildman–Crippen LogP) is 1.30. The lowest BCUT2D eigenvalue weighted by atomic mass is 9.89. The van der Waals surface area contributed by atoms with E-state index >= 15 is 0 Å². The predicted molar refractivity (Wildman–Crippen MR) is 79.8 cm³/mol. The van der Waals surface area contributed by atoms with Crippen LogP contribution < -0.4 is 5.32 Å². The van der Waals surface area contributed by atoms with Crippen LogP contribution in [0.2, 0.25) is 0 Å². The van der Waals surface area contributed by atoms with Gasteiger partial charge in [0.25, 0.3) is 0 Å². The van der Waals surface area contributed by atoms with Crippen molar-refractivity contribution in [1.29, 1.82) is 0 Å². The number of ether oxygens (including phenoxy) is 1. The van der Waals surface area contributed by atoms with Gasteiger partial charge in [0.1, 0.15) is 0 Å². The Labute approximate surface area is 119 Å². The first-order chi connectivity index (χ1) is 8.99. The molecule has 0 radical (unpaired) electrons. The molecule has 5 heteroatoms. The maximum absolute atomic E-state index is 11.2. The Hall–Kier alpha value is 0.0300. The quantitative estimate of drug-likeness (QED) is 0.708. The summed E-state index contributed by atoms with van der Waals surface area (Å²) in [6.45, 7) is 5.80. The van der Waals surface area contributed by atoms with Crippen LogP contribution in [0.15, 0.2) is 0 Å². The average Bonchev–Trinajstić information content (AvgIpc) is 2.37. The van der Waals surface area contributed by atoms with Gasteiger partial charge >= 0.3 is 0 Å². The lowest BCUT2D eigenvalue weighted by Crippen LogP contribution is -2.36. The summed E-state index contributed by atoms with van der Waals surface area (Å²) in [4.78, 5) is 0. The zero-order chi connectivity index (χ0) is 14.3. The van der Waals surface area contributed by atoms with Gasteiger partial charge in [0.2, 0.25) is 0 Å². The molecule has 1 fully saturated rings. The Morgan fingerprint density at radius 3 is 2.53 bits per heavy atom. The summed E-state index contributed by atoms with van der Waals surface area (Å²) in [5.74, 6) is 0.822. The fourth-order valence-corrected chi connectivity index (χ4v) is 2.63. The van der Waals surface area contributed by atoms with Crippen molar-refractivity contribution < 1.29 is 14.1 Å². The minimum Gasteiger partial charge on any atom is -0.389 e. The summed E-state index contributed by atoms with van der Waals surface area (Å²) in [5, 5.41) is 13.1. The second-order valence-electron chi connectivity index (χ2n) is 5.84. The maximum atomic E-state index is 11.2. The van der Waals surface area contributed by atoms with Gasteiger partial charge in [-0.25, -0.2) is 0 Å². The normalized spacial score (nSPS) is 28.8. The molecule has 0 aliphatic heterocycles. The minimum absolute atomic E-state index is 0.118. The number of rotatable bonds is 8. The minimum atomic E-state index is -0.811. The molecule has 0 heterocycles. The van der Waals surface area contributed by atoms with Gasteiger partial charge in [0.15, 0.2) is 0 Å². The van der Waals surface area contributed by atoms with Crippen LogP contribution in [0.25, 0.3) is 0 Å². The van der Waals surface area contributed by atoms with E-state index in [1.165, 1.54) is 12.8 Å². The molecule has 2 N–H and O–H groups in total. The second-order valence-corrected chi connectivity index (χ2v) is 7.64. The van der Waals surface area contributed by atoms with Crippen molar-refractivity contribution in [3.8, 4) is 0 Å². The van der Waals surface area contributed by atoms with Gasteiger partial charge in [0.05, 0.1) is 18.8 Å². The molecule has 0 spiro atoms. The third-order valence-corrected chi connectivity index (χ3v) is 5.17. The molecular formula is C14H29NO3S. The van der Waals surface area contributed by atoms with Crippen molar-refractivity contribution in [1.82, 2.24) is 5.32 Å². The highest BCUT2D eigenvalue weighted by atomic mass is 32.2. The van der Waals surface area contributed by atoms with Crippen LogP contribution in [-0.4, -0.2) is 52.7 Å². The number of aliphatic hydroxyl groups is 1. The van der Waals surface area contributed by atoms with Gasteiger partial charge in [0, 0.05) is 35.4 Å². The molecule has 0 amide bonds. The molecule has 0 saturated heterocycles. The highest BCUT2D eigenvalue weighted by Crippen LogP contribution is 2.25. The van der Waals surface area contributed by atoms with E-state index in [0.29, 0.717) is 25.8 Å².